The number of aliphatic hydroxyl groups is 10. The van der Waals surface area contributed by atoms with Crippen LogP contribution in [0.5, 0.6) is 0 Å². The fraction of sp³-hybridized carbons (Fsp3) is 0.957. The van der Waals surface area contributed by atoms with Crippen molar-refractivity contribution in [2.45, 2.75) is 204 Å². The second-order valence-corrected chi connectivity index (χ2v) is 23.3. The predicted octanol–water partition coefficient (Wildman–Crippen LogP) is 0.240. The van der Waals surface area contributed by atoms with Gasteiger partial charge in [0.25, 0.3) is 0 Å². The number of ether oxygens (including phenoxy) is 7. The van der Waals surface area contributed by atoms with Gasteiger partial charge < -0.3 is 84.2 Å². The molecule has 2 bridgehead atoms. The van der Waals surface area contributed by atoms with Gasteiger partial charge in [-0.3, -0.25) is 0 Å². The molecule has 64 heavy (non-hydrogen) atoms. The fourth-order valence-corrected chi connectivity index (χ4v) is 15.5. The average Bonchev–Trinajstić information content (AvgIpc) is 3.53. The number of hydrogen-bond donors (Lipinski definition) is 10. The summed E-state index contributed by atoms with van der Waals surface area (Å²) in [5.41, 5.74) is -2.30. The summed E-state index contributed by atoms with van der Waals surface area (Å²) in [6, 6.07) is 0. The second kappa shape index (κ2) is 16.3. The summed E-state index contributed by atoms with van der Waals surface area (Å²) in [6.45, 7) is 14.6. The zero-order chi connectivity index (χ0) is 46.3. The SMILES string of the molecule is CC1OC(OC2CCC3(C)C(CCC4(C)C3C=CC35OCC6(CCC(C)(C)CC63)C(O)CC45C)C2(C)CO)C(OC2OC(CO)C(O)C(O)C2OC2OCC(O)C(O)C2O)C(O)C1O. The maximum absolute atomic E-state index is 12.2. The second-order valence-electron chi connectivity index (χ2n) is 23.3. The summed E-state index contributed by atoms with van der Waals surface area (Å²) < 4.78 is 43.7. The number of hydrogen-bond acceptors (Lipinski definition) is 17. The Labute approximate surface area is 376 Å². The molecule has 366 valence electrons. The molecular formula is C47H76O17. The van der Waals surface area contributed by atoms with Crippen LogP contribution in [-0.2, 0) is 33.2 Å². The van der Waals surface area contributed by atoms with Crippen LogP contribution in [0.1, 0.15) is 99.8 Å². The van der Waals surface area contributed by atoms with E-state index in [1.54, 1.807) is 6.92 Å². The van der Waals surface area contributed by atoms with Crippen molar-refractivity contribution in [3.8, 4) is 0 Å². The van der Waals surface area contributed by atoms with E-state index in [0.29, 0.717) is 19.4 Å². The molecule has 5 aliphatic carbocycles. The highest BCUT2D eigenvalue weighted by atomic mass is 16.8. The van der Waals surface area contributed by atoms with Crippen molar-refractivity contribution in [3.63, 3.8) is 0 Å². The van der Waals surface area contributed by atoms with Crippen LogP contribution in [0.25, 0.3) is 0 Å². The first-order valence-electron chi connectivity index (χ1n) is 23.9. The van der Waals surface area contributed by atoms with Crippen molar-refractivity contribution < 1.29 is 84.2 Å². The van der Waals surface area contributed by atoms with Crippen LogP contribution in [0.2, 0.25) is 0 Å². The van der Waals surface area contributed by atoms with Crippen LogP contribution >= 0.6 is 0 Å². The minimum absolute atomic E-state index is 0.0390. The van der Waals surface area contributed by atoms with E-state index < -0.39 is 122 Å². The molecule has 8 fully saturated rings. The van der Waals surface area contributed by atoms with Crippen LogP contribution in [0.4, 0.5) is 0 Å². The Morgan fingerprint density at radius 2 is 1.34 bits per heavy atom. The zero-order valence-corrected chi connectivity index (χ0v) is 38.4. The van der Waals surface area contributed by atoms with Gasteiger partial charge in [0.1, 0.15) is 61.0 Å². The molecule has 4 heterocycles. The average molecular weight is 913 g/mol. The number of rotatable bonds is 8. The molecule has 9 aliphatic rings. The number of allylic oxidation sites excluding steroid dienone is 1. The fourth-order valence-electron chi connectivity index (χ4n) is 15.5. The van der Waals surface area contributed by atoms with Crippen LogP contribution in [0, 0.1) is 50.2 Å². The normalized spacial score (nSPS) is 59.0. The molecule has 0 aromatic rings. The smallest absolute Gasteiger partial charge is 0.187 e. The lowest BCUT2D eigenvalue weighted by Crippen LogP contribution is -2.72. The Morgan fingerprint density at radius 1 is 0.672 bits per heavy atom. The Morgan fingerprint density at radius 3 is 2.03 bits per heavy atom. The molecule has 25 unspecified atom stereocenters. The molecule has 9 rings (SSSR count). The third-order valence-electron chi connectivity index (χ3n) is 19.6. The van der Waals surface area contributed by atoms with Crippen molar-refractivity contribution >= 4 is 0 Å². The standard InChI is InChI=1S/C47H76O17/c1-22-30(52)33(55)36(64-40-37(34(56)32(54)24(18-48)61-40)63-38-35(57)31(53)23(50)19-58-38)39(60-22)62-29-10-11-42(4)25(43(29,5)20-49)8-12-44(6)26(42)9-13-47-27-16-41(2,3)14-15-46(27,21-59-47)28(51)17-45(44,47)7/h9,13,22-40,48-57H,8,10-12,14-21H2,1-7H3. The molecule has 0 aromatic carbocycles. The van der Waals surface area contributed by atoms with Gasteiger partial charge in [0.05, 0.1) is 50.3 Å². The Kier molecular flexibility index (Phi) is 12.3. The first-order valence-corrected chi connectivity index (χ1v) is 23.9. The molecule has 0 aromatic heterocycles. The van der Waals surface area contributed by atoms with Crippen molar-refractivity contribution in [1.82, 2.24) is 0 Å². The highest BCUT2D eigenvalue weighted by Gasteiger charge is 2.79. The van der Waals surface area contributed by atoms with Crippen molar-refractivity contribution in [2.75, 3.05) is 26.4 Å². The molecule has 17 nitrogen and oxygen atoms in total. The summed E-state index contributed by atoms with van der Waals surface area (Å²) in [6.07, 6.45) is -11.4. The molecular weight excluding hydrogens is 837 g/mol. The summed E-state index contributed by atoms with van der Waals surface area (Å²) in [4.78, 5) is 0. The highest BCUT2D eigenvalue weighted by Crippen LogP contribution is 2.79. The van der Waals surface area contributed by atoms with Crippen LogP contribution in [0.3, 0.4) is 0 Å². The Bertz CT molecular complexity index is 1750. The Hall–Kier alpha value is -0.940. The third-order valence-corrected chi connectivity index (χ3v) is 19.6. The molecule has 1 spiro atoms. The van der Waals surface area contributed by atoms with E-state index in [0.717, 1.165) is 38.5 Å². The van der Waals surface area contributed by atoms with E-state index in [1.807, 2.05) is 6.92 Å². The molecule has 0 amide bonds. The van der Waals surface area contributed by atoms with Crippen LogP contribution in [-0.4, -0.2) is 181 Å². The number of fused-ring (bicyclic) bond motifs is 4. The van der Waals surface area contributed by atoms with Gasteiger partial charge in [-0.05, 0) is 86.4 Å². The molecule has 4 saturated carbocycles. The van der Waals surface area contributed by atoms with E-state index in [1.165, 1.54) is 0 Å². The van der Waals surface area contributed by atoms with Crippen molar-refractivity contribution in [2.24, 2.45) is 50.2 Å². The van der Waals surface area contributed by atoms with Gasteiger partial charge in [-0.25, -0.2) is 0 Å². The van der Waals surface area contributed by atoms with Gasteiger partial charge in [-0.15, -0.1) is 0 Å². The van der Waals surface area contributed by atoms with E-state index in [9.17, 15) is 51.1 Å². The maximum atomic E-state index is 12.2. The van der Waals surface area contributed by atoms with E-state index in [-0.39, 0.29) is 51.4 Å². The maximum Gasteiger partial charge on any atom is 0.187 e. The lowest BCUT2D eigenvalue weighted by atomic mass is 9.32. The molecule has 4 saturated heterocycles. The summed E-state index contributed by atoms with van der Waals surface area (Å²) in [5.74, 6) is 0.268. The zero-order valence-electron chi connectivity index (χ0n) is 38.4. The highest BCUT2D eigenvalue weighted by molar-refractivity contribution is 5.36. The van der Waals surface area contributed by atoms with E-state index in [2.05, 4.69) is 46.8 Å². The van der Waals surface area contributed by atoms with Gasteiger partial charge in [-0.1, -0.05) is 53.7 Å². The Balaban J connectivity index is 0.990. The minimum atomic E-state index is -1.81. The largest absolute Gasteiger partial charge is 0.396 e. The van der Waals surface area contributed by atoms with Crippen molar-refractivity contribution in [1.29, 1.82) is 0 Å². The number of aliphatic hydroxyl groups excluding tert-OH is 10. The summed E-state index contributed by atoms with van der Waals surface area (Å²) in [7, 11) is 0. The van der Waals surface area contributed by atoms with Gasteiger partial charge in [0, 0.05) is 22.2 Å². The predicted molar refractivity (Wildman–Crippen MR) is 223 cm³/mol. The molecule has 17 heteroatoms. The first kappa shape index (κ1) is 48.1. The van der Waals surface area contributed by atoms with E-state index in [4.69, 9.17) is 33.2 Å². The van der Waals surface area contributed by atoms with Gasteiger partial charge >= 0.3 is 0 Å². The van der Waals surface area contributed by atoms with Crippen LogP contribution in [0.15, 0.2) is 12.2 Å². The van der Waals surface area contributed by atoms with Gasteiger partial charge in [0.15, 0.2) is 18.9 Å². The van der Waals surface area contributed by atoms with Crippen LogP contribution < -0.4 is 0 Å². The quantitative estimate of drug-likeness (QED) is 0.116. The third kappa shape index (κ3) is 6.72. The van der Waals surface area contributed by atoms with Gasteiger partial charge in [0.2, 0.25) is 0 Å². The minimum Gasteiger partial charge on any atom is -0.396 e. The first-order chi connectivity index (χ1) is 30.0. The monoisotopic (exact) mass is 913 g/mol. The molecule has 0 radical (unpaired) electrons. The molecule has 10 N–H and O–H groups in total. The van der Waals surface area contributed by atoms with E-state index >= 15 is 0 Å². The summed E-state index contributed by atoms with van der Waals surface area (Å²) in [5, 5.41) is 110. The molecule has 25 atom stereocenters. The lowest BCUT2D eigenvalue weighted by Gasteiger charge is -2.73. The topological polar surface area (TPSA) is 267 Å². The van der Waals surface area contributed by atoms with Crippen molar-refractivity contribution in [3.05, 3.63) is 12.2 Å². The van der Waals surface area contributed by atoms with Gasteiger partial charge in [-0.2, -0.15) is 0 Å². The lowest BCUT2D eigenvalue weighted by molar-refractivity contribution is -0.394. The summed E-state index contributed by atoms with van der Waals surface area (Å²) >= 11 is 0. The molecule has 4 aliphatic heterocycles.